The molecule has 1 aromatic carbocycles. The van der Waals surface area contributed by atoms with Crippen LogP contribution in [0.3, 0.4) is 0 Å². The van der Waals surface area contributed by atoms with Crippen molar-refractivity contribution in [3.63, 3.8) is 0 Å². The first-order chi connectivity index (χ1) is 13.8. The maximum Gasteiger partial charge on any atom is 0.129 e. The van der Waals surface area contributed by atoms with Gasteiger partial charge in [0.2, 0.25) is 0 Å². The lowest BCUT2D eigenvalue weighted by molar-refractivity contribution is 0.519. The summed E-state index contributed by atoms with van der Waals surface area (Å²) in [7, 11) is 0. The van der Waals surface area contributed by atoms with Gasteiger partial charge in [-0.15, -0.1) is 0 Å². The molecule has 2 aromatic heterocycles. The van der Waals surface area contributed by atoms with Crippen molar-refractivity contribution >= 4 is 5.82 Å². The van der Waals surface area contributed by atoms with Crippen LogP contribution in [-0.2, 0) is 13.0 Å². The summed E-state index contributed by atoms with van der Waals surface area (Å²) in [6, 6.07) is 8.73. The largest absolute Gasteiger partial charge is 0.370 e. The predicted molar refractivity (Wildman–Crippen MR) is 115 cm³/mol. The fourth-order valence-corrected chi connectivity index (χ4v) is 3.41. The topological polar surface area (TPSA) is 55.6 Å². The molecule has 6 heteroatoms. The van der Waals surface area contributed by atoms with E-state index in [1.807, 2.05) is 32.0 Å². The van der Waals surface area contributed by atoms with Crippen molar-refractivity contribution in [1.82, 2.24) is 19.7 Å². The van der Waals surface area contributed by atoms with E-state index in [4.69, 9.17) is 0 Å². The van der Waals surface area contributed by atoms with Gasteiger partial charge in [0.15, 0.2) is 0 Å². The molecular weight excluding hydrogens is 365 g/mol. The molecule has 0 aliphatic heterocycles. The Kier molecular flexibility index (Phi) is 6.62. The van der Waals surface area contributed by atoms with Crippen LogP contribution < -0.4 is 5.32 Å². The van der Waals surface area contributed by atoms with Gasteiger partial charge in [0.25, 0.3) is 0 Å². The fraction of sp³-hybridized carbons (Fsp3) is 0.435. The van der Waals surface area contributed by atoms with Crippen LogP contribution in [0, 0.1) is 33.5 Å². The summed E-state index contributed by atoms with van der Waals surface area (Å²) < 4.78 is 15.1. The maximum absolute atomic E-state index is 13.0. The van der Waals surface area contributed by atoms with E-state index in [-0.39, 0.29) is 11.7 Å². The van der Waals surface area contributed by atoms with Crippen LogP contribution in [0.5, 0.6) is 0 Å². The molecule has 0 saturated carbocycles. The average molecular weight is 396 g/mol. The lowest BCUT2D eigenvalue weighted by atomic mass is 10.1. The summed E-state index contributed by atoms with van der Waals surface area (Å²) in [6.45, 7) is 12.0. The second-order valence-corrected chi connectivity index (χ2v) is 7.76. The number of hydrogen-bond donors (Lipinski definition) is 1. The van der Waals surface area contributed by atoms with Crippen LogP contribution in [0.4, 0.5) is 10.2 Å². The molecule has 0 aliphatic rings. The lowest BCUT2D eigenvalue weighted by Gasteiger charge is -2.15. The number of aryl methyl sites for hydroxylation is 3. The van der Waals surface area contributed by atoms with Gasteiger partial charge in [-0.2, -0.15) is 5.10 Å². The third-order valence-electron chi connectivity index (χ3n) is 5.41. The molecule has 1 atom stereocenters. The Morgan fingerprint density at radius 1 is 1.07 bits per heavy atom. The number of halogens is 1. The first kappa shape index (κ1) is 21.0. The first-order valence-electron chi connectivity index (χ1n) is 10.2. The summed E-state index contributed by atoms with van der Waals surface area (Å²) in [5, 5.41) is 8.05. The highest BCUT2D eigenvalue weighted by Crippen LogP contribution is 2.21. The van der Waals surface area contributed by atoms with Gasteiger partial charge in [0, 0.05) is 30.8 Å². The Morgan fingerprint density at radius 2 is 1.79 bits per heavy atom. The normalized spacial score (nSPS) is 12.2. The summed E-state index contributed by atoms with van der Waals surface area (Å²) in [5.41, 5.74) is 5.70. The maximum atomic E-state index is 13.0. The Morgan fingerprint density at radius 3 is 2.45 bits per heavy atom. The van der Waals surface area contributed by atoms with Crippen molar-refractivity contribution in [1.29, 1.82) is 0 Å². The van der Waals surface area contributed by atoms with Crippen LogP contribution in [0.1, 0.15) is 53.3 Å². The molecule has 29 heavy (non-hydrogen) atoms. The molecule has 0 saturated heterocycles. The molecule has 0 bridgehead atoms. The number of nitrogens with one attached hydrogen (secondary N) is 1. The van der Waals surface area contributed by atoms with Crippen LogP contribution >= 0.6 is 0 Å². The predicted octanol–water partition coefficient (Wildman–Crippen LogP) is 4.89. The number of nitrogens with zero attached hydrogens (tertiary/aromatic N) is 4. The molecule has 0 aliphatic carbocycles. The third-order valence-corrected chi connectivity index (χ3v) is 5.41. The van der Waals surface area contributed by atoms with E-state index in [1.165, 1.54) is 23.4 Å². The SMILES string of the molecule is Cc1nc(NCCCc2ccc(F)cc2)cc([C@@H](C)Cn2nc(C)c(C)c2C)n1. The second-order valence-electron chi connectivity index (χ2n) is 7.76. The van der Waals surface area contributed by atoms with Gasteiger partial charge in [-0.1, -0.05) is 19.1 Å². The smallest absolute Gasteiger partial charge is 0.129 e. The van der Waals surface area contributed by atoms with Gasteiger partial charge in [-0.05, 0) is 63.8 Å². The highest BCUT2D eigenvalue weighted by Gasteiger charge is 2.14. The van der Waals surface area contributed by atoms with Gasteiger partial charge < -0.3 is 5.32 Å². The fourth-order valence-electron chi connectivity index (χ4n) is 3.41. The monoisotopic (exact) mass is 395 g/mol. The van der Waals surface area contributed by atoms with Crippen LogP contribution in [0.25, 0.3) is 0 Å². The second kappa shape index (κ2) is 9.16. The summed E-state index contributed by atoms with van der Waals surface area (Å²) in [5.74, 6) is 1.65. The third kappa shape index (κ3) is 5.40. The van der Waals surface area contributed by atoms with E-state index in [0.29, 0.717) is 0 Å². The molecule has 5 nitrogen and oxygen atoms in total. The zero-order valence-electron chi connectivity index (χ0n) is 18.0. The molecule has 2 heterocycles. The van der Waals surface area contributed by atoms with E-state index in [0.717, 1.165) is 54.5 Å². The number of hydrogen-bond acceptors (Lipinski definition) is 4. The average Bonchev–Trinajstić information content (AvgIpc) is 2.93. The van der Waals surface area contributed by atoms with Gasteiger partial charge in [-0.3, -0.25) is 4.68 Å². The molecule has 0 radical (unpaired) electrons. The lowest BCUT2D eigenvalue weighted by Crippen LogP contribution is -2.13. The quantitative estimate of drug-likeness (QED) is 0.552. The van der Waals surface area contributed by atoms with Gasteiger partial charge in [0.1, 0.15) is 17.5 Å². The first-order valence-corrected chi connectivity index (χ1v) is 10.2. The Balaban J connectivity index is 1.59. The zero-order chi connectivity index (χ0) is 21.0. The van der Waals surface area contributed by atoms with Gasteiger partial charge in [0.05, 0.1) is 11.4 Å². The molecule has 1 N–H and O–H groups in total. The van der Waals surface area contributed by atoms with Gasteiger partial charge >= 0.3 is 0 Å². The Hall–Kier alpha value is -2.76. The van der Waals surface area contributed by atoms with Crippen LogP contribution in [-0.4, -0.2) is 26.3 Å². The number of benzene rings is 1. The van der Waals surface area contributed by atoms with Crippen molar-refractivity contribution in [2.24, 2.45) is 0 Å². The van der Waals surface area contributed by atoms with Gasteiger partial charge in [-0.25, -0.2) is 14.4 Å². The number of aromatic nitrogens is 4. The Labute approximate surface area is 172 Å². The van der Waals surface area contributed by atoms with Crippen LogP contribution in [0.2, 0.25) is 0 Å². The van der Waals surface area contributed by atoms with Crippen LogP contribution in [0.15, 0.2) is 30.3 Å². The highest BCUT2D eigenvalue weighted by molar-refractivity contribution is 5.37. The summed E-state index contributed by atoms with van der Waals surface area (Å²) in [6.07, 6.45) is 1.85. The number of rotatable bonds is 8. The molecule has 154 valence electrons. The molecule has 0 amide bonds. The molecule has 3 rings (SSSR count). The van der Waals surface area contributed by atoms with E-state index < -0.39 is 0 Å². The molecular formula is C23H30FN5. The number of anilines is 1. The van der Waals surface area contributed by atoms with E-state index in [1.54, 1.807) is 0 Å². The minimum atomic E-state index is -0.194. The minimum Gasteiger partial charge on any atom is -0.370 e. The standard InChI is InChI=1S/C23H30FN5/c1-15(14-29-18(4)16(2)17(3)28-29)22-13-23(27-19(5)26-22)25-12-6-7-20-8-10-21(24)11-9-20/h8-11,13,15H,6-7,12,14H2,1-5H3,(H,25,26,27)/t15-/m0/s1. The van der Waals surface area contributed by atoms with Crippen molar-refractivity contribution in [2.75, 3.05) is 11.9 Å². The highest BCUT2D eigenvalue weighted by atomic mass is 19.1. The Bertz CT molecular complexity index is 962. The molecule has 0 unspecified atom stereocenters. The van der Waals surface area contributed by atoms with Crippen molar-refractivity contribution in [3.05, 3.63) is 70.2 Å². The molecule has 3 aromatic rings. The summed E-state index contributed by atoms with van der Waals surface area (Å²) in [4.78, 5) is 9.17. The molecule has 0 fully saturated rings. The van der Waals surface area contributed by atoms with Crippen molar-refractivity contribution in [2.45, 2.75) is 59.9 Å². The van der Waals surface area contributed by atoms with Crippen molar-refractivity contribution in [3.8, 4) is 0 Å². The van der Waals surface area contributed by atoms with Crippen molar-refractivity contribution < 1.29 is 4.39 Å². The van der Waals surface area contributed by atoms with E-state index in [2.05, 4.69) is 45.8 Å². The van der Waals surface area contributed by atoms with E-state index >= 15 is 0 Å². The zero-order valence-corrected chi connectivity index (χ0v) is 18.0. The van der Waals surface area contributed by atoms with E-state index in [9.17, 15) is 4.39 Å². The molecule has 0 spiro atoms. The minimum absolute atomic E-state index is 0.194. The summed E-state index contributed by atoms with van der Waals surface area (Å²) >= 11 is 0.